The molecule has 0 bridgehead atoms. The molecule has 0 aromatic rings. The quantitative estimate of drug-likeness (QED) is 0.579. The molecule has 0 heterocycles. The molecule has 18 heavy (non-hydrogen) atoms. The van der Waals surface area contributed by atoms with E-state index in [1.807, 2.05) is 18.7 Å². The molecule has 1 aliphatic carbocycles. The monoisotopic (exact) mass is 255 g/mol. The molecule has 1 unspecified atom stereocenters. The van der Waals surface area contributed by atoms with Gasteiger partial charge in [0.1, 0.15) is 0 Å². The van der Waals surface area contributed by atoms with Crippen LogP contribution in [0.3, 0.4) is 0 Å². The maximum atomic E-state index is 12.0. The Bertz CT molecular complexity index is 237. The van der Waals surface area contributed by atoms with Gasteiger partial charge in [0.15, 0.2) is 0 Å². The fourth-order valence-corrected chi connectivity index (χ4v) is 2.26. The van der Waals surface area contributed by atoms with Crippen LogP contribution in [0.4, 0.5) is 0 Å². The fraction of sp³-hybridized carbons (Fsp3) is 0.929. The van der Waals surface area contributed by atoms with Crippen molar-refractivity contribution in [2.45, 2.75) is 52.0 Å². The third-order valence-corrected chi connectivity index (χ3v) is 3.74. The van der Waals surface area contributed by atoms with Gasteiger partial charge in [0.25, 0.3) is 0 Å². The predicted octanol–water partition coefficient (Wildman–Crippen LogP) is 1.35. The Labute approximate surface area is 111 Å². The van der Waals surface area contributed by atoms with Crippen LogP contribution in [-0.2, 0) is 4.79 Å². The Morgan fingerprint density at radius 1 is 1.39 bits per heavy atom. The van der Waals surface area contributed by atoms with Crippen molar-refractivity contribution in [1.82, 2.24) is 10.2 Å². The molecule has 4 heteroatoms. The third-order valence-electron chi connectivity index (χ3n) is 3.74. The van der Waals surface area contributed by atoms with Gasteiger partial charge in [-0.05, 0) is 39.2 Å². The van der Waals surface area contributed by atoms with Crippen LogP contribution in [0.5, 0.6) is 0 Å². The van der Waals surface area contributed by atoms with Gasteiger partial charge in [0, 0.05) is 32.1 Å². The molecule has 4 nitrogen and oxygen atoms in total. The summed E-state index contributed by atoms with van der Waals surface area (Å²) in [7, 11) is 0. The normalized spacial score (nSPS) is 16.6. The number of amides is 1. The topological polar surface area (TPSA) is 58.4 Å². The van der Waals surface area contributed by atoms with Gasteiger partial charge in [-0.2, -0.15) is 0 Å². The van der Waals surface area contributed by atoms with Gasteiger partial charge < -0.3 is 16.0 Å². The molecule has 0 saturated heterocycles. The first-order valence-corrected chi connectivity index (χ1v) is 7.42. The van der Waals surface area contributed by atoms with Crippen LogP contribution in [0, 0.1) is 5.92 Å². The summed E-state index contributed by atoms with van der Waals surface area (Å²) in [4.78, 5) is 13.8. The van der Waals surface area contributed by atoms with Crippen LogP contribution in [-0.4, -0.2) is 43.0 Å². The summed E-state index contributed by atoms with van der Waals surface area (Å²) in [6.45, 7) is 7.13. The smallest absolute Gasteiger partial charge is 0.224 e. The van der Waals surface area contributed by atoms with E-state index < -0.39 is 0 Å². The summed E-state index contributed by atoms with van der Waals surface area (Å²) < 4.78 is 0. The van der Waals surface area contributed by atoms with E-state index in [4.69, 9.17) is 5.73 Å². The number of carbonyl (C=O) groups excluding carboxylic acids is 1. The number of hydrogen-bond donors (Lipinski definition) is 2. The van der Waals surface area contributed by atoms with Crippen molar-refractivity contribution < 1.29 is 4.79 Å². The van der Waals surface area contributed by atoms with Gasteiger partial charge >= 0.3 is 0 Å². The Kier molecular flexibility index (Phi) is 7.28. The first kappa shape index (κ1) is 15.4. The second-order valence-corrected chi connectivity index (χ2v) is 5.24. The lowest BCUT2D eigenvalue weighted by Crippen LogP contribution is -2.42. The highest BCUT2D eigenvalue weighted by Gasteiger charge is 2.20. The number of nitrogens with two attached hydrogens (primary N) is 1. The van der Waals surface area contributed by atoms with Crippen molar-refractivity contribution >= 4 is 5.91 Å². The van der Waals surface area contributed by atoms with E-state index in [0.29, 0.717) is 13.0 Å². The van der Waals surface area contributed by atoms with Crippen molar-refractivity contribution in [3.63, 3.8) is 0 Å². The van der Waals surface area contributed by atoms with E-state index in [2.05, 4.69) is 5.32 Å². The Morgan fingerprint density at radius 2 is 2.06 bits per heavy atom. The maximum absolute atomic E-state index is 12.0. The molecular weight excluding hydrogens is 226 g/mol. The maximum Gasteiger partial charge on any atom is 0.224 e. The zero-order valence-corrected chi connectivity index (χ0v) is 12.0. The lowest BCUT2D eigenvalue weighted by molar-refractivity contribution is -0.131. The van der Waals surface area contributed by atoms with E-state index in [0.717, 1.165) is 25.6 Å². The molecule has 0 spiro atoms. The lowest BCUT2D eigenvalue weighted by Gasteiger charge is -2.22. The van der Waals surface area contributed by atoms with Gasteiger partial charge in [-0.1, -0.05) is 12.8 Å². The standard InChI is InChI=1S/C14H29N3O/c1-3-17(4-2)14(18)10-13(11-15)16-9-5-6-12-7-8-12/h12-13,16H,3-11,15H2,1-2H3. The van der Waals surface area contributed by atoms with Crippen molar-refractivity contribution in [2.24, 2.45) is 11.7 Å². The first-order chi connectivity index (χ1) is 8.71. The van der Waals surface area contributed by atoms with E-state index in [9.17, 15) is 4.79 Å². The summed E-state index contributed by atoms with van der Waals surface area (Å²) in [6, 6.07) is 0.136. The average Bonchev–Trinajstić information content (AvgIpc) is 3.18. The molecular formula is C14H29N3O. The molecule has 1 saturated carbocycles. The summed E-state index contributed by atoms with van der Waals surface area (Å²) >= 11 is 0. The minimum atomic E-state index is 0.136. The molecule has 106 valence electrons. The summed E-state index contributed by atoms with van der Waals surface area (Å²) in [6.07, 6.45) is 5.90. The van der Waals surface area contributed by atoms with Crippen molar-refractivity contribution in [2.75, 3.05) is 26.2 Å². The van der Waals surface area contributed by atoms with E-state index >= 15 is 0 Å². The molecule has 1 atom stereocenters. The second kappa shape index (κ2) is 8.48. The van der Waals surface area contributed by atoms with Crippen molar-refractivity contribution in [3.05, 3.63) is 0 Å². The molecule has 1 aliphatic rings. The van der Waals surface area contributed by atoms with Crippen LogP contribution in [0.1, 0.15) is 46.0 Å². The lowest BCUT2D eigenvalue weighted by atomic mass is 10.1. The highest BCUT2D eigenvalue weighted by Crippen LogP contribution is 2.33. The van der Waals surface area contributed by atoms with Crippen molar-refractivity contribution in [1.29, 1.82) is 0 Å². The minimum Gasteiger partial charge on any atom is -0.343 e. The molecule has 3 N–H and O–H groups in total. The molecule has 0 aliphatic heterocycles. The number of carbonyl (C=O) groups is 1. The van der Waals surface area contributed by atoms with E-state index in [1.54, 1.807) is 0 Å². The van der Waals surface area contributed by atoms with Crippen LogP contribution < -0.4 is 11.1 Å². The predicted molar refractivity (Wildman–Crippen MR) is 75.3 cm³/mol. The molecule has 1 rings (SSSR count). The van der Waals surface area contributed by atoms with Gasteiger partial charge in [0.05, 0.1) is 0 Å². The van der Waals surface area contributed by atoms with E-state index in [-0.39, 0.29) is 11.9 Å². The molecule has 1 fully saturated rings. The number of nitrogens with zero attached hydrogens (tertiary/aromatic N) is 1. The number of nitrogens with one attached hydrogen (secondary N) is 1. The zero-order chi connectivity index (χ0) is 13.4. The Hall–Kier alpha value is -0.610. The second-order valence-electron chi connectivity index (χ2n) is 5.24. The minimum absolute atomic E-state index is 0.136. The molecule has 0 radical (unpaired) electrons. The largest absolute Gasteiger partial charge is 0.343 e. The van der Waals surface area contributed by atoms with Crippen LogP contribution >= 0.6 is 0 Å². The SMILES string of the molecule is CCN(CC)C(=O)CC(CN)NCCCC1CC1. The van der Waals surface area contributed by atoms with Crippen molar-refractivity contribution in [3.8, 4) is 0 Å². The zero-order valence-electron chi connectivity index (χ0n) is 12.0. The number of rotatable bonds is 10. The molecule has 1 amide bonds. The average molecular weight is 255 g/mol. The van der Waals surface area contributed by atoms with Gasteiger partial charge in [-0.15, -0.1) is 0 Å². The Morgan fingerprint density at radius 3 is 2.56 bits per heavy atom. The highest BCUT2D eigenvalue weighted by molar-refractivity contribution is 5.76. The van der Waals surface area contributed by atoms with Crippen LogP contribution in [0.15, 0.2) is 0 Å². The highest BCUT2D eigenvalue weighted by atomic mass is 16.2. The van der Waals surface area contributed by atoms with Gasteiger partial charge in [-0.3, -0.25) is 4.79 Å². The summed E-state index contributed by atoms with van der Waals surface area (Å²) in [5.74, 6) is 1.20. The Balaban J connectivity index is 2.15. The van der Waals surface area contributed by atoms with Gasteiger partial charge in [0.2, 0.25) is 5.91 Å². The molecule has 0 aromatic heterocycles. The third kappa shape index (κ3) is 5.83. The summed E-state index contributed by atoms with van der Waals surface area (Å²) in [5.41, 5.74) is 5.73. The summed E-state index contributed by atoms with van der Waals surface area (Å²) in [5, 5.41) is 3.41. The first-order valence-electron chi connectivity index (χ1n) is 7.42. The van der Waals surface area contributed by atoms with E-state index in [1.165, 1.54) is 25.7 Å². The number of hydrogen-bond acceptors (Lipinski definition) is 3. The van der Waals surface area contributed by atoms with Crippen LogP contribution in [0.2, 0.25) is 0 Å². The molecule has 0 aromatic carbocycles. The van der Waals surface area contributed by atoms with Gasteiger partial charge in [-0.25, -0.2) is 0 Å². The van der Waals surface area contributed by atoms with Crippen LogP contribution in [0.25, 0.3) is 0 Å². The fourth-order valence-electron chi connectivity index (χ4n) is 2.26.